The fraction of sp³-hybridized carbons (Fsp3) is 0.176. The second-order valence-corrected chi connectivity index (χ2v) is 6.03. The third-order valence-electron chi connectivity index (χ3n) is 3.20. The fourth-order valence-electron chi connectivity index (χ4n) is 1.95. The first-order valence-corrected chi connectivity index (χ1v) is 8.27. The number of rotatable bonds is 5. The van der Waals surface area contributed by atoms with Crippen LogP contribution in [-0.2, 0) is 11.9 Å². The molecule has 0 bridgehead atoms. The van der Waals surface area contributed by atoms with Gasteiger partial charge in [0.15, 0.2) is 5.17 Å². The number of benzene rings is 2. The zero-order valence-corrected chi connectivity index (χ0v) is 14.4. The number of nitrogens with two attached hydrogens (primary N) is 1. The SMILES string of the molecule is COc1cc(C=NN=C(N)SCc2ccccc2)c(F)c(C(F)(F)F)c1. The molecule has 0 saturated carbocycles. The van der Waals surface area contributed by atoms with E-state index in [0.29, 0.717) is 11.8 Å². The highest BCUT2D eigenvalue weighted by atomic mass is 32.2. The molecule has 2 aromatic carbocycles. The van der Waals surface area contributed by atoms with Crippen molar-refractivity contribution in [3.05, 3.63) is 65.0 Å². The lowest BCUT2D eigenvalue weighted by Crippen LogP contribution is -2.10. The molecule has 138 valence electrons. The number of halogens is 4. The summed E-state index contributed by atoms with van der Waals surface area (Å²) in [6.07, 6.45) is -3.99. The Hall–Kier alpha value is -2.55. The van der Waals surface area contributed by atoms with Crippen LogP contribution in [0.25, 0.3) is 0 Å². The summed E-state index contributed by atoms with van der Waals surface area (Å²) in [6, 6.07) is 11.1. The largest absolute Gasteiger partial charge is 0.497 e. The summed E-state index contributed by atoms with van der Waals surface area (Å²) in [5.74, 6) is -1.04. The predicted octanol–water partition coefficient (Wildman–Crippen LogP) is 4.44. The van der Waals surface area contributed by atoms with Gasteiger partial charge in [0.05, 0.1) is 18.9 Å². The Labute approximate surface area is 151 Å². The number of hydrogen-bond donors (Lipinski definition) is 1. The maximum absolute atomic E-state index is 14.0. The molecule has 26 heavy (non-hydrogen) atoms. The van der Waals surface area contributed by atoms with Crippen molar-refractivity contribution in [2.45, 2.75) is 11.9 Å². The lowest BCUT2D eigenvalue weighted by Gasteiger charge is -2.11. The summed E-state index contributed by atoms with van der Waals surface area (Å²) < 4.78 is 57.4. The van der Waals surface area contributed by atoms with Gasteiger partial charge in [-0.15, -0.1) is 5.10 Å². The first-order valence-electron chi connectivity index (χ1n) is 7.29. The molecule has 4 nitrogen and oxygen atoms in total. The Bertz CT molecular complexity index is 808. The van der Waals surface area contributed by atoms with Crippen LogP contribution in [0.1, 0.15) is 16.7 Å². The van der Waals surface area contributed by atoms with Crippen LogP contribution in [0.2, 0.25) is 0 Å². The van der Waals surface area contributed by atoms with Crippen molar-refractivity contribution in [2.75, 3.05) is 7.11 Å². The van der Waals surface area contributed by atoms with Crippen molar-refractivity contribution in [2.24, 2.45) is 15.9 Å². The van der Waals surface area contributed by atoms with Crippen LogP contribution < -0.4 is 10.5 Å². The highest BCUT2D eigenvalue weighted by Gasteiger charge is 2.35. The molecule has 0 spiro atoms. The molecule has 2 aromatic rings. The molecule has 2 rings (SSSR count). The number of ether oxygens (including phenoxy) is 1. The van der Waals surface area contributed by atoms with E-state index >= 15 is 0 Å². The summed E-state index contributed by atoms with van der Waals surface area (Å²) in [5, 5.41) is 7.33. The Balaban J connectivity index is 2.13. The number of methoxy groups -OCH3 is 1. The maximum Gasteiger partial charge on any atom is 0.419 e. The Morgan fingerprint density at radius 1 is 1.23 bits per heavy atom. The molecule has 0 heterocycles. The van der Waals surface area contributed by atoms with Crippen molar-refractivity contribution in [3.63, 3.8) is 0 Å². The molecule has 0 aliphatic heterocycles. The maximum atomic E-state index is 14.0. The third kappa shape index (κ3) is 5.48. The van der Waals surface area contributed by atoms with Crippen LogP contribution in [-0.4, -0.2) is 18.5 Å². The lowest BCUT2D eigenvalue weighted by atomic mass is 10.1. The highest BCUT2D eigenvalue weighted by Crippen LogP contribution is 2.35. The van der Waals surface area contributed by atoms with E-state index in [0.717, 1.165) is 17.8 Å². The van der Waals surface area contributed by atoms with E-state index < -0.39 is 23.1 Å². The molecule has 0 radical (unpaired) electrons. The van der Waals surface area contributed by atoms with Crippen molar-refractivity contribution >= 4 is 23.1 Å². The van der Waals surface area contributed by atoms with Crippen molar-refractivity contribution in [3.8, 4) is 5.75 Å². The predicted molar refractivity (Wildman–Crippen MR) is 94.9 cm³/mol. The molecule has 0 aliphatic rings. The van der Waals surface area contributed by atoms with E-state index in [2.05, 4.69) is 10.2 Å². The third-order valence-corrected chi connectivity index (χ3v) is 4.05. The average molecular weight is 385 g/mol. The molecule has 9 heteroatoms. The second kappa shape index (κ2) is 8.70. The van der Waals surface area contributed by atoms with Crippen LogP contribution in [0, 0.1) is 5.82 Å². The minimum atomic E-state index is -4.85. The summed E-state index contributed by atoms with van der Waals surface area (Å²) in [4.78, 5) is 0. The minimum Gasteiger partial charge on any atom is -0.497 e. The second-order valence-electron chi connectivity index (χ2n) is 5.03. The van der Waals surface area contributed by atoms with Gasteiger partial charge in [0.25, 0.3) is 0 Å². The van der Waals surface area contributed by atoms with Crippen LogP contribution in [0.15, 0.2) is 52.7 Å². The molecule has 0 amide bonds. The molecule has 2 N–H and O–H groups in total. The summed E-state index contributed by atoms with van der Waals surface area (Å²) in [7, 11) is 1.19. The Morgan fingerprint density at radius 2 is 1.92 bits per heavy atom. The van der Waals surface area contributed by atoms with Gasteiger partial charge in [0.2, 0.25) is 0 Å². The molecular weight excluding hydrogens is 370 g/mol. The molecule has 0 aliphatic carbocycles. The Morgan fingerprint density at radius 3 is 2.54 bits per heavy atom. The van der Waals surface area contributed by atoms with Crippen molar-refractivity contribution in [1.82, 2.24) is 0 Å². The van der Waals surface area contributed by atoms with Crippen molar-refractivity contribution in [1.29, 1.82) is 0 Å². The molecule has 0 atom stereocenters. The van der Waals surface area contributed by atoms with Gasteiger partial charge >= 0.3 is 6.18 Å². The summed E-state index contributed by atoms with van der Waals surface area (Å²) in [6.45, 7) is 0. The molecule has 0 unspecified atom stereocenters. The van der Waals surface area contributed by atoms with Crippen molar-refractivity contribution < 1.29 is 22.3 Å². The van der Waals surface area contributed by atoms with Crippen LogP contribution >= 0.6 is 11.8 Å². The molecular formula is C17H15F4N3OS. The minimum absolute atomic E-state index is 0.101. The highest BCUT2D eigenvalue weighted by molar-refractivity contribution is 8.13. The van der Waals surface area contributed by atoms with Gasteiger partial charge in [0.1, 0.15) is 11.6 Å². The van der Waals surface area contributed by atoms with Crippen LogP contribution in [0.3, 0.4) is 0 Å². The monoisotopic (exact) mass is 385 g/mol. The van der Waals surface area contributed by atoms with Crippen LogP contribution in [0.4, 0.5) is 17.6 Å². The van der Waals surface area contributed by atoms with Gasteiger partial charge in [0, 0.05) is 11.3 Å². The number of hydrogen-bond acceptors (Lipinski definition) is 4. The fourth-order valence-corrected chi connectivity index (χ4v) is 2.56. The number of nitrogens with zero attached hydrogens (tertiary/aromatic N) is 2. The lowest BCUT2D eigenvalue weighted by molar-refractivity contribution is -0.140. The van der Waals surface area contributed by atoms with Gasteiger partial charge in [-0.3, -0.25) is 0 Å². The average Bonchev–Trinajstić information content (AvgIpc) is 2.61. The number of thioether (sulfide) groups is 1. The summed E-state index contributed by atoms with van der Waals surface area (Å²) >= 11 is 1.20. The number of alkyl halides is 3. The normalized spacial score (nSPS) is 12.6. The van der Waals surface area contributed by atoms with Gasteiger partial charge in [-0.1, -0.05) is 42.1 Å². The standard InChI is InChI=1S/C17H15F4N3OS/c1-25-13-7-12(15(18)14(8-13)17(19,20)21)9-23-24-16(22)26-10-11-5-3-2-4-6-11/h2-9H,10H2,1H3,(H2,22,24). The molecule has 0 fully saturated rings. The summed E-state index contributed by atoms with van der Waals surface area (Å²) in [5.41, 5.74) is 4.86. The van der Waals surface area contributed by atoms with E-state index in [1.807, 2.05) is 30.3 Å². The first kappa shape index (κ1) is 19.8. The quantitative estimate of drug-likeness (QED) is 0.358. The topological polar surface area (TPSA) is 60.0 Å². The Kier molecular flexibility index (Phi) is 6.62. The van der Waals surface area contributed by atoms with Gasteiger partial charge in [-0.05, 0) is 17.7 Å². The van der Waals surface area contributed by atoms with E-state index in [1.165, 1.54) is 18.9 Å². The van der Waals surface area contributed by atoms with Gasteiger partial charge in [-0.25, -0.2) is 4.39 Å². The van der Waals surface area contributed by atoms with E-state index in [9.17, 15) is 17.6 Å². The van der Waals surface area contributed by atoms with E-state index in [-0.39, 0.29) is 10.9 Å². The molecule has 0 saturated heterocycles. The zero-order valence-electron chi connectivity index (χ0n) is 13.6. The van der Waals surface area contributed by atoms with Gasteiger partial charge < -0.3 is 10.5 Å². The van der Waals surface area contributed by atoms with Crippen LogP contribution in [0.5, 0.6) is 5.75 Å². The van der Waals surface area contributed by atoms with Gasteiger partial charge in [-0.2, -0.15) is 18.3 Å². The van der Waals surface area contributed by atoms with E-state index in [4.69, 9.17) is 10.5 Å². The zero-order chi connectivity index (χ0) is 19.2. The molecule has 0 aromatic heterocycles. The van der Waals surface area contributed by atoms with E-state index in [1.54, 1.807) is 0 Å². The number of amidine groups is 1. The smallest absolute Gasteiger partial charge is 0.419 e. The first-order chi connectivity index (χ1) is 12.3.